The van der Waals surface area contributed by atoms with Crippen molar-refractivity contribution in [2.75, 3.05) is 0 Å². The number of rotatable bonds is 6. The summed E-state index contributed by atoms with van der Waals surface area (Å²) in [7, 11) is 0. The summed E-state index contributed by atoms with van der Waals surface area (Å²) in [5, 5.41) is 0.443. The van der Waals surface area contributed by atoms with Crippen molar-refractivity contribution in [3.63, 3.8) is 0 Å². The quantitative estimate of drug-likeness (QED) is 0.166. The molecule has 0 aliphatic carbocycles. The van der Waals surface area contributed by atoms with Crippen LogP contribution in [0.4, 0.5) is 0 Å². The van der Waals surface area contributed by atoms with Crippen LogP contribution in [0.5, 0.6) is 0 Å². The molecule has 0 unspecified atom stereocenters. The minimum absolute atomic E-state index is 0.443. The van der Waals surface area contributed by atoms with E-state index in [2.05, 4.69) is 96.4 Å². The molecule has 0 N–H and O–H groups in total. The van der Waals surface area contributed by atoms with E-state index in [4.69, 9.17) is 16.6 Å². The van der Waals surface area contributed by atoms with Gasteiger partial charge in [-0.15, -0.1) is 0 Å². The Bertz CT molecular complexity index is 1650. The minimum atomic E-state index is -0.637. The van der Waals surface area contributed by atoms with E-state index < -0.39 is 5.54 Å². The molecule has 6 aromatic rings. The molecule has 0 saturated heterocycles. The van der Waals surface area contributed by atoms with Crippen LogP contribution in [0.2, 0.25) is 5.02 Å². The molecule has 184 valence electrons. The molecule has 4 heteroatoms. The van der Waals surface area contributed by atoms with Crippen molar-refractivity contribution >= 4 is 28.9 Å². The number of imidazole rings is 1. The van der Waals surface area contributed by atoms with Gasteiger partial charge >= 0.3 is 0 Å². The molecule has 3 nitrogen and oxygen atoms in total. The molecule has 6 rings (SSSR count). The van der Waals surface area contributed by atoms with Crippen molar-refractivity contribution in [2.45, 2.75) is 12.5 Å². The third-order valence-electron chi connectivity index (χ3n) is 7.35. The molecule has 0 aliphatic rings. The lowest BCUT2D eigenvalue weighted by molar-refractivity contribution is 0.112. The molecule has 1 heterocycles. The third kappa shape index (κ3) is 3.75. The Balaban J connectivity index is 1.65. The fourth-order valence-corrected chi connectivity index (χ4v) is 5.77. The van der Waals surface area contributed by atoms with E-state index >= 15 is 0 Å². The fourth-order valence-electron chi connectivity index (χ4n) is 5.55. The molecule has 0 saturated carbocycles. The number of aromatic nitrogens is 2. The summed E-state index contributed by atoms with van der Waals surface area (Å²) in [6.07, 6.45) is 2.73. The second-order valence-electron chi connectivity index (χ2n) is 9.38. The molecule has 1 aromatic heterocycles. The maximum atomic E-state index is 11.3. The van der Waals surface area contributed by atoms with Gasteiger partial charge in [-0.25, -0.2) is 4.98 Å². The lowest BCUT2D eigenvalue weighted by atomic mass is 9.76. The zero-order valence-electron chi connectivity index (χ0n) is 20.9. The van der Waals surface area contributed by atoms with Crippen molar-refractivity contribution in [2.24, 2.45) is 0 Å². The molecule has 0 spiro atoms. The van der Waals surface area contributed by atoms with Gasteiger partial charge in [-0.1, -0.05) is 115 Å². The molecular formula is C34H25ClN2O. The van der Waals surface area contributed by atoms with Crippen molar-refractivity contribution < 1.29 is 4.79 Å². The first-order chi connectivity index (χ1) is 18.6. The van der Waals surface area contributed by atoms with Crippen LogP contribution in [0, 0.1) is 6.92 Å². The highest BCUT2D eigenvalue weighted by Gasteiger charge is 2.39. The Morgan fingerprint density at radius 3 is 1.79 bits per heavy atom. The second kappa shape index (κ2) is 9.77. The maximum absolute atomic E-state index is 11.3. The van der Waals surface area contributed by atoms with Crippen LogP contribution in [0.3, 0.4) is 0 Å². The van der Waals surface area contributed by atoms with Crippen molar-refractivity contribution in [1.29, 1.82) is 0 Å². The van der Waals surface area contributed by atoms with E-state index in [1.165, 1.54) is 0 Å². The van der Waals surface area contributed by atoms with Gasteiger partial charge in [-0.05, 0) is 58.5 Å². The average Bonchev–Trinajstić information content (AvgIpc) is 3.41. The fraction of sp³-hybridized carbons (Fsp3) is 0.0588. The van der Waals surface area contributed by atoms with E-state index in [-0.39, 0.29) is 0 Å². The molecule has 0 aliphatic heterocycles. The van der Waals surface area contributed by atoms with Crippen LogP contribution in [0.15, 0.2) is 128 Å². The van der Waals surface area contributed by atoms with E-state index in [9.17, 15) is 4.79 Å². The molecule has 0 atom stereocenters. The number of aldehydes is 1. The molecule has 0 fully saturated rings. The van der Waals surface area contributed by atoms with E-state index in [0.29, 0.717) is 10.6 Å². The highest BCUT2D eigenvalue weighted by Crippen LogP contribution is 2.43. The first-order valence-corrected chi connectivity index (χ1v) is 12.9. The minimum Gasteiger partial charge on any atom is -0.312 e. The van der Waals surface area contributed by atoms with Crippen molar-refractivity contribution in [3.05, 3.63) is 160 Å². The molecule has 38 heavy (non-hydrogen) atoms. The van der Waals surface area contributed by atoms with Gasteiger partial charge in [0.1, 0.15) is 5.54 Å². The van der Waals surface area contributed by atoms with Gasteiger partial charge in [0.2, 0.25) is 0 Å². The summed E-state index contributed by atoms with van der Waals surface area (Å²) in [6.45, 7) is 2.09. The average molecular weight is 513 g/mol. The number of benzene rings is 5. The Kier molecular flexibility index (Phi) is 6.15. The molecule has 0 radical (unpaired) electrons. The SMILES string of the molecule is Cc1c(-c2ccc(C=O)c(Cl)c2)ccc2c1ncn2C(c1ccccc1)(c1ccccc1)c1ccccc1. The van der Waals surface area contributed by atoms with Crippen LogP contribution < -0.4 is 0 Å². The number of aryl methyl sites for hydroxylation is 1. The Labute approximate surface area is 227 Å². The summed E-state index contributed by atoms with van der Waals surface area (Å²) in [6, 6.07) is 41.6. The van der Waals surface area contributed by atoms with Crippen LogP contribution in [0.1, 0.15) is 32.6 Å². The number of hydrogen-bond donors (Lipinski definition) is 0. The van der Waals surface area contributed by atoms with Gasteiger partial charge in [0, 0.05) is 5.56 Å². The molecule has 0 amide bonds. The monoisotopic (exact) mass is 512 g/mol. The number of carbonyl (C=O) groups is 1. The van der Waals surface area contributed by atoms with Gasteiger partial charge in [-0.3, -0.25) is 4.79 Å². The van der Waals surface area contributed by atoms with Crippen molar-refractivity contribution in [1.82, 2.24) is 9.55 Å². The second-order valence-corrected chi connectivity index (χ2v) is 9.79. The lowest BCUT2D eigenvalue weighted by Gasteiger charge is -2.38. The van der Waals surface area contributed by atoms with E-state index in [1.807, 2.05) is 36.7 Å². The standard InChI is InChI=1S/C34H25ClN2O/c1-24-30(25-17-18-26(22-38)31(35)21-25)19-20-32-33(24)36-23-37(32)34(27-11-5-2-6-12-27,28-13-7-3-8-14-28)29-15-9-4-10-16-29/h2-23H,1H3. The Morgan fingerprint density at radius 1 is 0.737 bits per heavy atom. The van der Waals surface area contributed by atoms with E-state index in [0.717, 1.165) is 50.7 Å². The molecule has 5 aromatic carbocycles. The zero-order valence-corrected chi connectivity index (χ0v) is 21.6. The van der Waals surface area contributed by atoms with Crippen LogP contribution in [0.25, 0.3) is 22.2 Å². The number of fused-ring (bicyclic) bond motifs is 1. The zero-order chi connectivity index (χ0) is 26.1. The van der Waals surface area contributed by atoms with Crippen LogP contribution in [-0.4, -0.2) is 15.8 Å². The summed E-state index contributed by atoms with van der Waals surface area (Å²) in [5.41, 5.74) is 8.28. The summed E-state index contributed by atoms with van der Waals surface area (Å²) < 4.78 is 2.29. The van der Waals surface area contributed by atoms with Crippen LogP contribution in [-0.2, 0) is 5.54 Å². The number of carbonyl (C=O) groups excluding carboxylic acids is 1. The maximum Gasteiger partial charge on any atom is 0.151 e. The predicted molar refractivity (Wildman–Crippen MR) is 155 cm³/mol. The number of nitrogens with zero attached hydrogens (tertiary/aromatic N) is 2. The highest BCUT2D eigenvalue weighted by atomic mass is 35.5. The van der Waals surface area contributed by atoms with Gasteiger partial charge in [0.25, 0.3) is 0 Å². The van der Waals surface area contributed by atoms with Gasteiger partial charge in [-0.2, -0.15) is 0 Å². The van der Waals surface area contributed by atoms with Crippen LogP contribution >= 0.6 is 11.6 Å². The number of halogens is 1. The summed E-state index contributed by atoms with van der Waals surface area (Å²) in [5.74, 6) is 0. The smallest absolute Gasteiger partial charge is 0.151 e. The molecule has 0 bridgehead atoms. The normalized spacial score (nSPS) is 11.5. The first-order valence-electron chi connectivity index (χ1n) is 12.5. The lowest BCUT2D eigenvalue weighted by Crippen LogP contribution is -2.37. The van der Waals surface area contributed by atoms with Crippen molar-refractivity contribution in [3.8, 4) is 11.1 Å². The largest absolute Gasteiger partial charge is 0.312 e. The Morgan fingerprint density at radius 2 is 1.29 bits per heavy atom. The number of hydrogen-bond acceptors (Lipinski definition) is 2. The summed E-state index contributed by atoms with van der Waals surface area (Å²) in [4.78, 5) is 16.2. The van der Waals surface area contributed by atoms with Gasteiger partial charge in [0.15, 0.2) is 6.29 Å². The summed E-state index contributed by atoms with van der Waals surface area (Å²) >= 11 is 6.37. The van der Waals surface area contributed by atoms with Gasteiger partial charge < -0.3 is 4.57 Å². The Hall–Kier alpha value is -4.47. The predicted octanol–water partition coefficient (Wildman–Crippen LogP) is 8.32. The highest BCUT2D eigenvalue weighted by molar-refractivity contribution is 6.33. The third-order valence-corrected chi connectivity index (χ3v) is 7.67. The molecular weight excluding hydrogens is 488 g/mol. The van der Waals surface area contributed by atoms with E-state index in [1.54, 1.807) is 6.07 Å². The topological polar surface area (TPSA) is 34.9 Å². The van der Waals surface area contributed by atoms with Gasteiger partial charge in [0.05, 0.1) is 22.4 Å². The first kappa shape index (κ1) is 23.9.